The van der Waals surface area contributed by atoms with Crippen molar-refractivity contribution in [2.75, 3.05) is 6.61 Å². The molecule has 0 spiro atoms. The van der Waals surface area contributed by atoms with Crippen LogP contribution in [0.2, 0.25) is 0 Å². The topological polar surface area (TPSA) is 112 Å². The lowest BCUT2D eigenvalue weighted by Gasteiger charge is -2.60. The summed E-state index contributed by atoms with van der Waals surface area (Å²) in [6.45, 7) is 3.08. The average molecular weight is 388 g/mol. The van der Waals surface area contributed by atoms with E-state index in [0.717, 1.165) is 18.3 Å². The second kappa shape index (κ2) is 6.18. The lowest BCUT2D eigenvalue weighted by molar-refractivity contribution is -0.179. The van der Waals surface area contributed by atoms with Crippen LogP contribution >= 0.6 is 0 Å². The number of hydrogen-bond donors (Lipinski definition) is 3. The standard InChI is InChI=1S/C22H28O6/c1-20-9-17(26)19-15(16(20)5-6-22(20,28)18(27)11-24)4-3-12-7-14(25)8-13(10-23)21(12,19)2/h7-8,10,15-17,19,24,26,28H,3-6,9,11H2,1-2H3/t15-,16-,17-,19+,20-,21+,22-/m0/s1. The van der Waals surface area contributed by atoms with Crippen LogP contribution in [0.5, 0.6) is 0 Å². The molecule has 7 atom stereocenters. The van der Waals surface area contributed by atoms with Crippen molar-refractivity contribution in [3.63, 3.8) is 0 Å². The van der Waals surface area contributed by atoms with Crippen LogP contribution in [0.1, 0.15) is 46.0 Å². The van der Waals surface area contributed by atoms with E-state index in [0.29, 0.717) is 18.4 Å². The van der Waals surface area contributed by atoms with E-state index in [1.165, 1.54) is 6.08 Å². The van der Waals surface area contributed by atoms with Gasteiger partial charge in [0, 0.05) is 22.3 Å². The van der Waals surface area contributed by atoms with Gasteiger partial charge in [-0.2, -0.15) is 0 Å². The summed E-state index contributed by atoms with van der Waals surface area (Å²) in [6.07, 6.45) is 5.42. The molecule has 0 bridgehead atoms. The monoisotopic (exact) mass is 388 g/mol. The summed E-state index contributed by atoms with van der Waals surface area (Å²) in [5, 5.41) is 31.8. The van der Waals surface area contributed by atoms with Gasteiger partial charge in [0.05, 0.1) is 6.10 Å². The van der Waals surface area contributed by atoms with Crippen molar-refractivity contribution in [2.45, 2.75) is 57.7 Å². The Morgan fingerprint density at radius 3 is 2.64 bits per heavy atom. The molecule has 4 aliphatic rings. The molecule has 0 aromatic rings. The number of aldehydes is 1. The first-order chi connectivity index (χ1) is 13.1. The number of aliphatic hydroxyl groups excluding tert-OH is 2. The number of rotatable bonds is 3. The molecule has 6 nitrogen and oxygen atoms in total. The van der Waals surface area contributed by atoms with Gasteiger partial charge < -0.3 is 15.3 Å². The van der Waals surface area contributed by atoms with Crippen LogP contribution in [0.15, 0.2) is 23.3 Å². The van der Waals surface area contributed by atoms with E-state index in [1.807, 2.05) is 13.8 Å². The Hall–Kier alpha value is -1.63. The molecule has 0 unspecified atom stereocenters. The Labute approximate surface area is 164 Å². The zero-order chi connectivity index (χ0) is 20.5. The number of hydrogen-bond acceptors (Lipinski definition) is 6. The minimum Gasteiger partial charge on any atom is -0.393 e. The number of aliphatic hydroxyl groups is 3. The third-order valence-electron chi connectivity index (χ3n) is 8.63. The molecular weight excluding hydrogens is 360 g/mol. The second-order valence-corrected chi connectivity index (χ2v) is 9.50. The molecule has 3 N–H and O–H groups in total. The molecule has 4 rings (SSSR count). The highest BCUT2D eigenvalue weighted by atomic mass is 16.3. The number of allylic oxidation sites excluding steroid dienone is 4. The van der Waals surface area contributed by atoms with Gasteiger partial charge in [-0.1, -0.05) is 19.4 Å². The Bertz CT molecular complexity index is 812. The van der Waals surface area contributed by atoms with Crippen LogP contribution in [0, 0.1) is 28.6 Å². The Kier molecular flexibility index (Phi) is 4.34. The van der Waals surface area contributed by atoms with Crippen molar-refractivity contribution in [1.82, 2.24) is 0 Å². The van der Waals surface area contributed by atoms with Crippen molar-refractivity contribution >= 4 is 17.9 Å². The van der Waals surface area contributed by atoms with Gasteiger partial charge in [-0.05, 0) is 56.1 Å². The van der Waals surface area contributed by atoms with Gasteiger partial charge in [-0.3, -0.25) is 14.4 Å². The molecule has 6 heteroatoms. The molecular formula is C22H28O6. The molecule has 3 saturated carbocycles. The van der Waals surface area contributed by atoms with Gasteiger partial charge in [0.2, 0.25) is 0 Å². The maximum Gasteiger partial charge on any atom is 0.190 e. The summed E-state index contributed by atoms with van der Waals surface area (Å²) < 4.78 is 0. The van der Waals surface area contributed by atoms with Crippen molar-refractivity contribution in [1.29, 1.82) is 0 Å². The third kappa shape index (κ3) is 2.22. The first-order valence-corrected chi connectivity index (χ1v) is 10.1. The molecule has 4 aliphatic carbocycles. The summed E-state index contributed by atoms with van der Waals surface area (Å²) in [5.74, 6) is -0.991. The first-order valence-electron chi connectivity index (χ1n) is 10.1. The lowest BCUT2D eigenvalue weighted by atomic mass is 9.45. The normalized spacial score (nSPS) is 47.4. The van der Waals surface area contributed by atoms with Gasteiger partial charge in [0.1, 0.15) is 18.5 Å². The molecule has 0 aromatic carbocycles. The molecule has 0 heterocycles. The van der Waals surface area contributed by atoms with Gasteiger partial charge in [-0.25, -0.2) is 0 Å². The third-order valence-corrected chi connectivity index (χ3v) is 8.63. The maximum atomic E-state index is 12.4. The SMILES string of the molecule is C[C@]12C(C=O)=CC(=O)C=C1CC[C@@H]1[C@@H]2[C@@H](O)C[C@@]2(C)[C@H]1CC[C@]2(O)C(=O)CO. The maximum absolute atomic E-state index is 12.4. The number of Topliss-reactive ketones (excluding diaryl/α,β-unsaturated/α-hetero) is 1. The summed E-state index contributed by atoms with van der Waals surface area (Å²) in [4.78, 5) is 36.3. The first kappa shape index (κ1) is 19.7. The number of carbonyl (C=O) groups is 3. The quantitative estimate of drug-likeness (QED) is 0.625. The predicted molar refractivity (Wildman–Crippen MR) is 100 cm³/mol. The fraction of sp³-hybridized carbons (Fsp3) is 0.682. The van der Waals surface area contributed by atoms with Crippen molar-refractivity contribution < 1.29 is 29.7 Å². The molecule has 0 aliphatic heterocycles. The highest BCUT2D eigenvalue weighted by Crippen LogP contribution is 2.67. The zero-order valence-electron chi connectivity index (χ0n) is 16.4. The largest absolute Gasteiger partial charge is 0.393 e. The van der Waals surface area contributed by atoms with Gasteiger partial charge in [0.25, 0.3) is 0 Å². The van der Waals surface area contributed by atoms with Crippen LogP contribution in [0.25, 0.3) is 0 Å². The van der Waals surface area contributed by atoms with E-state index in [2.05, 4.69) is 0 Å². The molecule has 152 valence electrons. The lowest BCUT2D eigenvalue weighted by Crippen LogP contribution is -2.62. The number of carbonyl (C=O) groups excluding carboxylic acids is 3. The Balaban J connectivity index is 1.79. The van der Waals surface area contributed by atoms with Gasteiger partial charge in [0.15, 0.2) is 11.6 Å². The van der Waals surface area contributed by atoms with Crippen LogP contribution in [-0.4, -0.2) is 51.5 Å². The number of fused-ring (bicyclic) bond motifs is 5. The van der Waals surface area contributed by atoms with E-state index < -0.39 is 34.9 Å². The van der Waals surface area contributed by atoms with E-state index in [9.17, 15) is 29.7 Å². The minimum absolute atomic E-state index is 0.00491. The van der Waals surface area contributed by atoms with Crippen LogP contribution in [0.4, 0.5) is 0 Å². The summed E-state index contributed by atoms with van der Waals surface area (Å²) >= 11 is 0. The summed E-state index contributed by atoms with van der Waals surface area (Å²) in [6, 6.07) is 0. The Morgan fingerprint density at radius 2 is 2.00 bits per heavy atom. The number of ketones is 2. The fourth-order valence-electron chi connectivity index (χ4n) is 7.23. The van der Waals surface area contributed by atoms with E-state index >= 15 is 0 Å². The van der Waals surface area contributed by atoms with E-state index in [-0.39, 0.29) is 36.4 Å². The smallest absolute Gasteiger partial charge is 0.190 e. The summed E-state index contributed by atoms with van der Waals surface area (Å²) in [5.41, 5.74) is -1.86. The van der Waals surface area contributed by atoms with Crippen molar-refractivity contribution in [3.8, 4) is 0 Å². The van der Waals surface area contributed by atoms with Crippen LogP contribution < -0.4 is 0 Å². The second-order valence-electron chi connectivity index (χ2n) is 9.50. The fourth-order valence-corrected chi connectivity index (χ4v) is 7.23. The molecule has 3 fully saturated rings. The highest BCUT2D eigenvalue weighted by Gasteiger charge is 2.68. The van der Waals surface area contributed by atoms with Crippen molar-refractivity contribution in [3.05, 3.63) is 23.3 Å². The molecule has 0 saturated heterocycles. The molecule has 0 radical (unpaired) electrons. The van der Waals surface area contributed by atoms with E-state index in [1.54, 1.807) is 6.08 Å². The van der Waals surface area contributed by atoms with Gasteiger partial charge >= 0.3 is 0 Å². The molecule has 28 heavy (non-hydrogen) atoms. The van der Waals surface area contributed by atoms with Crippen LogP contribution in [-0.2, 0) is 14.4 Å². The van der Waals surface area contributed by atoms with Gasteiger partial charge in [-0.15, -0.1) is 0 Å². The highest BCUT2D eigenvalue weighted by molar-refractivity contribution is 6.05. The molecule has 0 amide bonds. The predicted octanol–water partition coefficient (Wildman–Crippen LogP) is 1.13. The van der Waals surface area contributed by atoms with E-state index in [4.69, 9.17) is 0 Å². The average Bonchev–Trinajstić information content (AvgIpc) is 2.92. The minimum atomic E-state index is -1.64. The van der Waals surface area contributed by atoms with Crippen LogP contribution in [0.3, 0.4) is 0 Å². The summed E-state index contributed by atoms with van der Waals surface area (Å²) in [7, 11) is 0. The Morgan fingerprint density at radius 1 is 1.29 bits per heavy atom. The van der Waals surface area contributed by atoms with Crippen molar-refractivity contribution in [2.24, 2.45) is 28.6 Å². The molecule has 0 aromatic heterocycles. The zero-order valence-corrected chi connectivity index (χ0v) is 16.4.